The zero-order chi connectivity index (χ0) is 10.1. The van der Waals surface area contributed by atoms with Crippen molar-refractivity contribution in [3.05, 3.63) is 48.4 Å². The summed E-state index contributed by atoms with van der Waals surface area (Å²) >= 11 is 1.66. The lowest BCUT2D eigenvalue weighted by atomic mass is 10.1. The van der Waals surface area contributed by atoms with Gasteiger partial charge in [-0.2, -0.15) is 0 Å². The molecule has 2 heterocycles. The predicted molar refractivity (Wildman–Crippen MR) is 62.9 cm³/mol. The number of hydrogen-bond acceptors (Lipinski definition) is 3. The third kappa shape index (κ3) is 1.41. The first-order valence-corrected chi connectivity index (χ1v) is 5.55. The van der Waals surface area contributed by atoms with E-state index in [9.17, 15) is 0 Å². The second-order valence-electron chi connectivity index (χ2n) is 3.27. The second kappa shape index (κ2) is 3.44. The van der Waals surface area contributed by atoms with Gasteiger partial charge in [0.15, 0.2) is 0 Å². The van der Waals surface area contributed by atoms with Crippen molar-refractivity contribution >= 4 is 22.1 Å². The molecule has 0 atom stereocenters. The lowest BCUT2D eigenvalue weighted by Gasteiger charge is -2.02. The molecule has 0 spiro atoms. The average Bonchev–Trinajstić information content (AvgIpc) is 2.82. The molecule has 0 unspecified atom stereocenters. The van der Waals surface area contributed by atoms with E-state index in [0.29, 0.717) is 0 Å². The predicted octanol–water partition coefficient (Wildman–Crippen LogP) is 3.36. The van der Waals surface area contributed by atoms with Crippen LogP contribution >= 0.6 is 11.3 Å². The molecule has 3 rings (SSSR count). The molecule has 0 fully saturated rings. The summed E-state index contributed by atoms with van der Waals surface area (Å²) in [6, 6.07) is 8.30. The fourth-order valence-electron chi connectivity index (χ4n) is 1.69. The van der Waals surface area contributed by atoms with Crippen molar-refractivity contribution in [3.8, 4) is 10.4 Å². The van der Waals surface area contributed by atoms with Gasteiger partial charge in [0.25, 0.3) is 0 Å². The number of aromatic nitrogens is 2. The van der Waals surface area contributed by atoms with Crippen LogP contribution in [0.2, 0.25) is 0 Å². The van der Waals surface area contributed by atoms with E-state index in [4.69, 9.17) is 0 Å². The van der Waals surface area contributed by atoms with Crippen LogP contribution in [0.5, 0.6) is 0 Å². The van der Waals surface area contributed by atoms with E-state index in [1.807, 2.05) is 30.2 Å². The van der Waals surface area contributed by atoms with Gasteiger partial charge in [-0.1, -0.05) is 18.2 Å². The summed E-state index contributed by atoms with van der Waals surface area (Å²) < 4.78 is 0. The minimum absolute atomic E-state index is 1.17. The van der Waals surface area contributed by atoms with E-state index in [-0.39, 0.29) is 0 Å². The Morgan fingerprint density at radius 1 is 1.00 bits per heavy atom. The summed E-state index contributed by atoms with van der Waals surface area (Å²) in [6.07, 6.45) is 5.62. The molecule has 15 heavy (non-hydrogen) atoms. The fraction of sp³-hybridized carbons (Fsp3) is 0. The van der Waals surface area contributed by atoms with Gasteiger partial charge in [-0.25, -0.2) is 0 Å². The van der Waals surface area contributed by atoms with Crippen molar-refractivity contribution < 1.29 is 0 Å². The molecule has 1 aromatic carbocycles. The SMILES string of the molecule is c1cc(-c2cncs2)c2ccncc2c1. The van der Waals surface area contributed by atoms with E-state index >= 15 is 0 Å². The summed E-state index contributed by atoms with van der Waals surface area (Å²) in [4.78, 5) is 9.43. The van der Waals surface area contributed by atoms with Gasteiger partial charge in [-0.05, 0) is 11.5 Å². The van der Waals surface area contributed by atoms with Crippen LogP contribution in [-0.2, 0) is 0 Å². The van der Waals surface area contributed by atoms with Gasteiger partial charge in [0.05, 0.1) is 10.4 Å². The van der Waals surface area contributed by atoms with Gasteiger partial charge < -0.3 is 0 Å². The molecular formula is C12H8N2S. The highest BCUT2D eigenvalue weighted by molar-refractivity contribution is 7.13. The zero-order valence-corrected chi connectivity index (χ0v) is 8.74. The Morgan fingerprint density at radius 2 is 2.00 bits per heavy atom. The molecule has 0 radical (unpaired) electrons. The van der Waals surface area contributed by atoms with Crippen LogP contribution in [0.25, 0.3) is 21.2 Å². The number of pyridine rings is 1. The fourth-order valence-corrected chi connectivity index (χ4v) is 2.35. The number of rotatable bonds is 1. The first kappa shape index (κ1) is 8.56. The van der Waals surface area contributed by atoms with Crippen molar-refractivity contribution in [2.24, 2.45) is 0 Å². The van der Waals surface area contributed by atoms with Crippen LogP contribution in [0, 0.1) is 0 Å². The first-order chi connectivity index (χ1) is 7.45. The molecule has 72 valence electrons. The van der Waals surface area contributed by atoms with Crippen LogP contribution in [-0.4, -0.2) is 9.97 Å². The van der Waals surface area contributed by atoms with Gasteiger partial charge in [-0.15, -0.1) is 11.3 Å². The first-order valence-electron chi connectivity index (χ1n) is 4.67. The number of fused-ring (bicyclic) bond motifs is 1. The lowest BCUT2D eigenvalue weighted by molar-refractivity contribution is 1.36. The normalized spacial score (nSPS) is 10.7. The topological polar surface area (TPSA) is 25.8 Å². The third-order valence-corrected chi connectivity index (χ3v) is 3.18. The van der Waals surface area contributed by atoms with E-state index in [0.717, 1.165) is 0 Å². The molecule has 3 heteroatoms. The van der Waals surface area contributed by atoms with E-state index in [1.54, 1.807) is 11.3 Å². The van der Waals surface area contributed by atoms with Crippen LogP contribution in [0.4, 0.5) is 0 Å². The Morgan fingerprint density at radius 3 is 2.87 bits per heavy atom. The summed E-state index contributed by atoms with van der Waals surface area (Å²) in [5, 5.41) is 2.40. The second-order valence-corrected chi connectivity index (χ2v) is 4.15. The standard InChI is InChI=1S/C12H8N2S/c1-2-9-6-13-5-4-10(9)11(3-1)12-7-14-8-15-12/h1-8H. The Balaban J connectivity index is 2.36. The maximum absolute atomic E-state index is 4.12. The highest BCUT2D eigenvalue weighted by Gasteiger charge is 2.03. The minimum atomic E-state index is 1.17. The Kier molecular flexibility index (Phi) is 1.96. The molecule has 0 N–H and O–H groups in total. The highest BCUT2D eigenvalue weighted by atomic mass is 32.1. The molecule has 2 nitrogen and oxygen atoms in total. The van der Waals surface area contributed by atoms with Crippen molar-refractivity contribution in [3.63, 3.8) is 0 Å². The molecule has 0 aliphatic heterocycles. The van der Waals surface area contributed by atoms with E-state index < -0.39 is 0 Å². The lowest BCUT2D eigenvalue weighted by Crippen LogP contribution is -1.79. The van der Waals surface area contributed by atoms with Gasteiger partial charge in [0, 0.05) is 29.5 Å². The van der Waals surface area contributed by atoms with Crippen molar-refractivity contribution in [1.82, 2.24) is 9.97 Å². The summed E-state index contributed by atoms with van der Waals surface area (Å²) in [5.74, 6) is 0. The average molecular weight is 212 g/mol. The van der Waals surface area contributed by atoms with Crippen LogP contribution in [0.1, 0.15) is 0 Å². The van der Waals surface area contributed by atoms with Gasteiger partial charge in [0.1, 0.15) is 0 Å². The number of thiazole rings is 1. The molecule has 0 aliphatic carbocycles. The monoisotopic (exact) mass is 212 g/mol. The van der Waals surface area contributed by atoms with Crippen LogP contribution in [0.15, 0.2) is 48.4 Å². The highest BCUT2D eigenvalue weighted by Crippen LogP contribution is 2.30. The van der Waals surface area contributed by atoms with E-state index in [2.05, 4.69) is 28.2 Å². The van der Waals surface area contributed by atoms with Gasteiger partial charge >= 0.3 is 0 Å². The van der Waals surface area contributed by atoms with Crippen molar-refractivity contribution in [2.45, 2.75) is 0 Å². The molecule has 0 amide bonds. The molecule has 0 saturated heterocycles. The zero-order valence-electron chi connectivity index (χ0n) is 7.92. The van der Waals surface area contributed by atoms with E-state index in [1.165, 1.54) is 21.2 Å². The molecule has 0 aliphatic rings. The van der Waals surface area contributed by atoms with Crippen molar-refractivity contribution in [1.29, 1.82) is 0 Å². The maximum atomic E-state index is 4.12. The summed E-state index contributed by atoms with van der Waals surface area (Å²) in [5.41, 5.74) is 3.09. The Bertz CT molecular complexity index is 582. The summed E-state index contributed by atoms with van der Waals surface area (Å²) in [7, 11) is 0. The van der Waals surface area contributed by atoms with Crippen LogP contribution < -0.4 is 0 Å². The Labute approximate surface area is 91.2 Å². The maximum Gasteiger partial charge on any atom is 0.0797 e. The molecular weight excluding hydrogens is 204 g/mol. The number of nitrogens with zero attached hydrogens (tertiary/aromatic N) is 2. The Hall–Kier alpha value is -1.74. The number of hydrogen-bond donors (Lipinski definition) is 0. The molecule has 3 aromatic rings. The summed E-state index contributed by atoms with van der Waals surface area (Å²) in [6.45, 7) is 0. The smallest absolute Gasteiger partial charge is 0.0797 e. The molecule has 0 saturated carbocycles. The molecule has 0 bridgehead atoms. The minimum Gasteiger partial charge on any atom is -0.264 e. The van der Waals surface area contributed by atoms with Crippen molar-refractivity contribution in [2.75, 3.05) is 0 Å². The van der Waals surface area contributed by atoms with Gasteiger partial charge in [-0.3, -0.25) is 9.97 Å². The van der Waals surface area contributed by atoms with Crippen LogP contribution in [0.3, 0.4) is 0 Å². The number of benzene rings is 1. The molecule has 2 aromatic heterocycles. The van der Waals surface area contributed by atoms with Gasteiger partial charge in [0.2, 0.25) is 0 Å². The quantitative estimate of drug-likeness (QED) is 0.618. The third-order valence-electron chi connectivity index (χ3n) is 2.38. The largest absolute Gasteiger partial charge is 0.264 e.